The van der Waals surface area contributed by atoms with Gasteiger partial charge < -0.3 is 15.7 Å². The predicted molar refractivity (Wildman–Crippen MR) is 64.7 cm³/mol. The number of carbonyl (C=O) groups excluding carboxylic acids is 1. The molecule has 1 aliphatic rings. The Labute approximate surface area is 102 Å². The van der Waals surface area contributed by atoms with E-state index in [1.165, 1.54) is 0 Å². The van der Waals surface area contributed by atoms with E-state index >= 15 is 0 Å². The van der Waals surface area contributed by atoms with Gasteiger partial charge >= 0.3 is 5.97 Å². The van der Waals surface area contributed by atoms with Crippen molar-refractivity contribution in [3.8, 4) is 0 Å². The van der Waals surface area contributed by atoms with Gasteiger partial charge in [-0.25, -0.2) is 4.79 Å². The van der Waals surface area contributed by atoms with Crippen LogP contribution in [0.3, 0.4) is 0 Å². The Kier molecular flexibility index (Phi) is 4.51. The molecule has 1 aliphatic carbocycles. The summed E-state index contributed by atoms with van der Waals surface area (Å²) in [6, 6.07) is -0.697. The number of amides is 1. The Hall–Kier alpha value is -1.10. The van der Waals surface area contributed by atoms with Crippen LogP contribution in [-0.2, 0) is 9.59 Å². The Morgan fingerprint density at radius 3 is 2.35 bits per heavy atom. The molecule has 0 aromatic carbocycles. The van der Waals surface area contributed by atoms with Crippen LogP contribution in [-0.4, -0.2) is 35.1 Å². The van der Waals surface area contributed by atoms with E-state index < -0.39 is 12.0 Å². The SMILES string of the molecule is CC(C)(C)NCCC(=O)NC(C(=O)O)C1CC1. The molecule has 0 aliphatic heterocycles. The molecule has 0 bridgehead atoms. The summed E-state index contributed by atoms with van der Waals surface area (Å²) in [5.74, 6) is -0.988. The lowest BCUT2D eigenvalue weighted by Crippen LogP contribution is -2.44. The normalized spacial score (nSPS) is 17.6. The summed E-state index contributed by atoms with van der Waals surface area (Å²) in [4.78, 5) is 22.5. The highest BCUT2D eigenvalue weighted by atomic mass is 16.4. The second kappa shape index (κ2) is 5.49. The van der Waals surface area contributed by atoms with E-state index in [4.69, 9.17) is 5.11 Å². The largest absolute Gasteiger partial charge is 0.480 e. The number of rotatable bonds is 6. The molecule has 1 saturated carbocycles. The third-order valence-electron chi connectivity index (χ3n) is 2.68. The van der Waals surface area contributed by atoms with Gasteiger partial charge in [-0.15, -0.1) is 0 Å². The molecule has 0 spiro atoms. The van der Waals surface area contributed by atoms with E-state index in [2.05, 4.69) is 10.6 Å². The van der Waals surface area contributed by atoms with Gasteiger partial charge in [0, 0.05) is 18.5 Å². The lowest BCUT2D eigenvalue weighted by atomic mass is 10.1. The number of hydrogen-bond acceptors (Lipinski definition) is 3. The number of carbonyl (C=O) groups is 2. The van der Waals surface area contributed by atoms with Crippen LogP contribution in [0, 0.1) is 5.92 Å². The highest BCUT2D eigenvalue weighted by molar-refractivity contribution is 5.84. The van der Waals surface area contributed by atoms with E-state index in [-0.39, 0.29) is 17.4 Å². The summed E-state index contributed by atoms with van der Waals surface area (Å²) in [5, 5.41) is 14.7. The van der Waals surface area contributed by atoms with Crippen molar-refractivity contribution < 1.29 is 14.7 Å². The van der Waals surface area contributed by atoms with Gasteiger partial charge in [-0.1, -0.05) is 0 Å². The third-order valence-corrected chi connectivity index (χ3v) is 2.68. The Bertz CT molecular complexity index is 293. The molecule has 0 saturated heterocycles. The standard InChI is InChI=1S/C12H22N2O3/c1-12(2,3)13-7-6-9(15)14-10(11(16)17)8-4-5-8/h8,10,13H,4-7H2,1-3H3,(H,14,15)(H,16,17). The van der Waals surface area contributed by atoms with Gasteiger partial charge in [-0.3, -0.25) is 4.79 Å². The maximum atomic E-state index is 11.6. The zero-order chi connectivity index (χ0) is 13.1. The van der Waals surface area contributed by atoms with Gasteiger partial charge in [0.25, 0.3) is 0 Å². The highest BCUT2D eigenvalue weighted by Crippen LogP contribution is 2.32. The lowest BCUT2D eigenvalue weighted by molar-refractivity contribution is -0.142. The van der Waals surface area contributed by atoms with Crippen LogP contribution in [0.4, 0.5) is 0 Å². The Balaban J connectivity index is 2.26. The average Bonchev–Trinajstić information content (AvgIpc) is 2.94. The molecule has 5 heteroatoms. The molecule has 1 fully saturated rings. The molecular weight excluding hydrogens is 220 g/mol. The number of hydrogen-bond donors (Lipinski definition) is 3. The Morgan fingerprint density at radius 2 is 1.94 bits per heavy atom. The summed E-state index contributed by atoms with van der Waals surface area (Å²) in [6.07, 6.45) is 2.11. The summed E-state index contributed by atoms with van der Waals surface area (Å²) >= 11 is 0. The third kappa shape index (κ3) is 5.68. The van der Waals surface area contributed by atoms with Gasteiger partial charge in [-0.2, -0.15) is 0 Å². The van der Waals surface area contributed by atoms with Crippen molar-refractivity contribution >= 4 is 11.9 Å². The molecule has 17 heavy (non-hydrogen) atoms. The van der Waals surface area contributed by atoms with Gasteiger partial charge in [0.05, 0.1) is 0 Å². The van der Waals surface area contributed by atoms with Crippen molar-refractivity contribution in [3.05, 3.63) is 0 Å². The maximum absolute atomic E-state index is 11.6. The first kappa shape index (κ1) is 14.0. The fourth-order valence-electron chi connectivity index (χ4n) is 1.61. The summed E-state index contributed by atoms with van der Waals surface area (Å²) < 4.78 is 0. The Morgan fingerprint density at radius 1 is 1.35 bits per heavy atom. The van der Waals surface area contributed by atoms with Gasteiger partial charge in [0.15, 0.2) is 0 Å². The number of aliphatic carboxylic acids is 1. The van der Waals surface area contributed by atoms with Crippen LogP contribution in [0.15, 0.2) is 0 Å². The smallest absolute Gasteiger partial charge is 0.326 e. The van der Waals surface area contributed by atoms with E-state index in [1.54, 1.807) is 0 Å². The molecule has 0 radical (unpaired) electrons. The minimum atomic E-state index is -0.926. The first-order chi connectivity index (χ1) is 7.79. The van der Waals surface area contributed by atoms with Gasteiger partial charge in [0.1, 0.15) is 6.04 Å². The van der Waals surface area contributed by atoms with Crippen molar-refractivity contribution in [3.63, 3.8) is 0 Å². The monoisotopic (exact) mass is 242 g/mol. The maximum Gasteiger partial charge on any atom is 0.326 e. The topological polar surface area (TPSA) is 78.4 Å². The fourth-order valence-corrected chi connectivity index (χ4v) is 1.61. The minimum Gasteiger partial charge on any atom is -0.480 e. The molecule has 1 atom stereocenters. The lowest BCUT2D eigenvalue weighted by Gasteiger charge is -2.20. The van der Waals surface area contributed by atoms with E-state index in [0.717, 1.165) is 12.8 Å². The van der Waals surface area contributed by atoms with E-state index in [0.29, 0.717) is 13.0 Å². The number of carboxylic acids is 1. The van der Waals surface area contributed by atoms with Crippen LogP contribution in [0.1, 0.15) is 40.0 Å². The number of nitrogens with one attached hydrogen (secondary N) is 2. The zero-order valence-corrected chi connectivity index (χ0v) is 10.7. The van der Waals surface area contributed by atoms with Crippen LogP contribution in [0.5, 0.6) is 0 Å². The first-order valence-corrected chi connectivity index (χ1v) is 6.07. The second-order valence-corrected chi connectivity index (χ2v) is 5.65. The van der Waals surface area contributed by atoms with Crippen molar-refractivity contribution in [2.75, 3.05) is 6.54 Å². The zero-order valence-electron chi connectivity index (χ0n) is 10.7. The molecule has 1 amide bonds. The molecule has 0 aromatic rings. The van der Waals surface area contributed by atoms with Crippen LogP contribution in [0.25, 0.3) is 0 Å². The van der Waals surface area contributed by atoms with Gasteiger partial charge in [-0.05, 0) is 39.5 Å². The molecule has 0 aromatic heterocycles. The molecule has 5 nitrogen and oxygen atoms in total. The first-order valence-electron chi connectivity index (χ1n) is 6.07. The minimum absolute atomic E-state index is 0.0248. The molecule has 0 heterocycles. The van der Waals surface area contributed by atoms with Crippen LogP contribution in [0.2, 0.25) is 0 Å². The number of carboxylic acid groups (broad SMARTS) is 1. The molecule has 3 N–H and O–H groups in total. The van der Waals surface area contributed by atoms with Crippen molar-refractivity contribution in [2.24, 2.45) is 5.92 Å². The van der Waals surface area contributed by atoms with E-state index in [9.17, 15) is 9.59 Å². The van der Waals surface area contributed by atoms with Crippen LogP contribution < -0.4 is 10.6 Å². The molecule has 1 unspecified atom stereocenters. The van der Waals surface area contributed by atoms with Crippen LogP contribution >= 0.6 is 0 Å². The summed E-state index contributed by atoms with van der Waals surface area (Å²) in [6.45, 7) is 6.63. The summed E-state index contributed by atoms with van der Waals surface area (Å²) in [5.41, 5.74) is -0.0248. The van der Waals surface area contributed by atoms with Crippen molar-refractivity contribution in [1.29, 1.82) is 0 Å². The average molecular weight is 242 g/mol. The summed E-state index contributed by atoms with van der Waals surface area (Å²) in [7, 11) is 0. The van der Waals surface area contributed by atoms with Gasteiger partial charge in [0.2, 0.25) is 5.91 Å². The molecule has 98 valence electrons. The quantitative estimate of drug-likeness (QED) is 0.642. The van der Waals surface area contributed by atoms with E-state index in [1.807, 2.05) is 20.8 Å². The second-order valence-electron chi connectivity index (χ2n) is 5.65. The van der Waals surface area contributed by atoms with Crippen molar-refractivity contribution in [2.45, 2.75) is 51.6 Å². The highest BCUT2D eigenvalue weighted by Gasteiger charge is 2.37. The molecular formula is C12H22N2O3. The molecule has 1 rings (SSSR count). The van der Waals surface area contributed by atoms with Crippen molar-refractivity contribution in [1.82, 2.24) is 10.6 Å². The predicted octanol–water partition coefficient (Wildman–Crippen LogP) is 0.744. The fraction of sp³-hybridized carbons (Fsp3) is 0.833.